The van der Waals surface area contributed by atoms with Crippen LogP contribution < -0.4 is 10.6 Å². The number of hydrogen-bond donors (Lipinski definition) is 2. The first-order valence-electron chi connectivity index (χ1n) is 7.78. The lowest BCUT2D eigenvalue weighted by molar-refractivity contribution is -0.384. The minimum atomic E-state index is -0.477. The number of benzene rings is 1. The topological polar surface area (TPSA) is 93.5 Å². The number of alkyl carbamates (subject to hydrolysis) is 1. The Morgan fingerprint density at radius 1 is 1.28 bits per heavy atom. The third-order valence-electron chi connectivity index (χ3n) is 3.34. The molecule has 0 aliphatic rings. The van der Waals surface area contributed by atoms with Gasteiger partial charge < -0.3 is 15.4 Å². The van der Waals surface area contributed by atoms with E-state index < -0.39 is 11.0 Å². The Labute approximate surface area is 156 Å². The lowest BCUT2D eigenvalue weighted by Gasteiger charge is -2.20. The molecule has 0 aliphatic heterocycles. The van der Waals surface area contributed by atoms with Crippen molar-refractivity contribution in [3.05, 3.63) is 43.9 Å². The molecule has 1 rings (SSSR count). The van der Waals surface area contributed by atoms with E-state index in [1.54, 1.807) is 18.2 Å². The summed E-state index contributed by atoms with van der Waals surface area (Å²) in [6.45, 7) is 9.93. The smallest absolute Gasteiger partial charge is 0.407 e. The maximum Gasteiger partial charge on any atom is 0.407 e. The third-order valence-corrected chi connectivity index (χ3v) is 3.98. The molecule has 0 radical (unpaired) electrons. The zero-order valence-electron chi connectivity index (χ0n) is 15.1. The average molecular weight is 414 g/mol. The summed E-state index contributed by atoms with van der Waals surface area (Å²) < 4.78 is 5.60. The monoisotopic (exact) mass is 413 g/mol. The summed E-state index contributed by atoms with van der Waals surface area (Å²) in [6, 6.07) is 5.00. The highest BCUT2D eigenvalue weighted by atomic mass is 79.9. The highest BCUT2D eigenvalue weighted by Crippen LogP contribution is 2.32. The maximum absolute atomic E-state index is 11.7. The van der Waals surface area contributed by atoms with E-state index in [0.29, 0.717) is 16.7 Å². The van der Waals surface area contributed by atoms with Crippen LogP contribution in [0, 0.1) is 10.1 Å². The van der Waals surface area contributed by atoms with Crippen LogP contribution in [0.15, 0.2) is 33.8 Å². The number of ether oxygens (including phenoxy) is 1. The van der Waals surface area contributed by atoms with Crippen molar-refractivity contribution in [1.82, 2.24) is 5.32 Å². The van der Waals surface area contributed by atoms with Crippen molar-refractivity contribution in [3.63, 3.8) is 0 Å². The Morgan fingerprint density at radius 2 is 1.92 bits per heavy atom. The summed E-state index contributed by atoms with van der Waals surface area (Å²) in [6.07, 6.45) is -0.477. The van der Waals surface area contributed by atoms with Crippen LogP contribution in [-0.4, -0.2) is 29.7 Å². The molecule has 0 atom stereocenters. The molecule has 0 aliphatic carbocycles. The molecule has 1 aromatic rings. The van der Waals surface area contributed by atoms with Gasteiger partial charge in [0.05, 0.1) is 9.40 Å². The van der Waals surface area contributed by atoms with E-state index >= 15 is 0 Å². The van der Waals surface area contributed by atoms with Crippen LogP contribution in [-0.2, 0) is 4.74 Å². The number of anilines is 1. The zero-order valence-corrected chi connectivity index (χ0v) is 16.7. The van der Waals surface area contributed by atoms with Gasteiger partial charge >= 0.3 is 11.8 Å². The van der Waals surface area contributed by atoms with Crippen LogP contribution in [0.1, 0.15) is 34.6 Å². The predicted molar refractivity (Wildman–Crippen MR) is 102 cm³/mol. The number of hydrogen-bond acceptors (Lipinski definition) is 5. The van der Waals surface area contributed by atoms with E-state index in [1.165, 1.54) is 0 Å². The van der Waals surface area contributed by atoms with E-state index in [-0.39, 0.29) is 17.8 Å². The van der Waals surface area contributed by atoms with E-state index in [2.05, 4.69) is 26.6 Å². The molecule has 25 heavy (non-hydrogen) atoms. The molecule has 138 valence electrons. The first-order valence-corrected chi connectivity index (χ1v) is 8.57. The lowest BCUT2D eigenvalue weighted by Crippen LogP contribution is -2.41. The van der Waals surface area contributed by atoms with Gasteiger partial charge in [0.25, 0.3) is 0 Å². The highest BCUT2D eigenvalue weighted by Gasteiger charge is 2.18. The van der Waals surface area contributed by atoms with Crippen LogP contribution in [0.3, 0.4) is 0 Å². The molecule has 1 amide bonds. The van der Waals surface area contributed by atoms with Gasteiger partial charge in [0.1, 0.15) is 12.3 Å². The first kappa shape index (κ1) is 21.0. The zero-order chi connectivity index (χ0) is 19.2. The Bertz CT molecular complexity index is 681. The molecule has 0 bridgehead atoms. The van der Waals surface area contributed by atoms with Crippen molar-refractivity contribution in [3.8, 4) is 0 Å². The fourth-order valence-corrected chi connectivity index (χ4v) is 2.37. The fraction of sp³-hybridized carbons (Fsp3) is 0.471. The Hall–Kier alpha value is -2.09. The molecular weight excluding hydrogens is 390 g/mol. The fourth-order valence-electron chi connectivity index (χ4n) is 1.86. The summed E-state index contributed by atoms with van der Waals surface area (Å²) in [5, 5.41) is 16.9. The number of carbonyl (C=O) groups excluding carboxylic acids is 1. The van der Waals surface area contributed by atoms with Crippen molar-refractivity contribution in [2.45, 2.75) is 40.2 Å². The lowest BCUT2D eigenvalue weighted by atomic mass is 10.1. The number of carbonyl (C=O) groups is 1. The van der Waals surface area contributed by atoms with E-state index in [0.717, 1.165) is 11.1 Å². The molecule has 8 heteroatoms. The number of nitrogens with one attached hydrogen (secondary N) is 2. The number of halogens is 1. The normalized spacial score (nSPS) is 12.2. The molecule has 0 heterocycles. The van der Waals surface area contributed by atoms with Crippen molar-refractivity contribution in [2.75, 3.05) is 18.5 Å². The molecule has 2 N–H and O–H groups in total. The number of amides is 1. The molecule has 0 saturated heterocycles. The van der Waals surface area contributed by atoms with Crippen LogP contribution in [0.25, 0.3) is 0 Å². The standard InChI is InChI=1S/C17H24BrN3O4/c1-11(12(2)10-25-16(22)20-17(3,4)5)9-19-14-8-6-7-13(18)15(14)21(23)24/h6-8,19H,9-10H2,1-5H3,(H,20,22)/b12-11+. The van der Waals surface area contributed by atoms with Crippen LogP contribution >= 0.6 is 15.9 Å². The van der Waals surface area contributed by atoms with Crippen molar-refractivity contribution in [1.29, 1.82) is 0 Å². The van der Waals surface area contributed by atoms with E-state index in [1.807, 2.05) is 34.6 Å². The SMILES string of the molecule is C/C(CNc1cccc(Br)c1[N+](=O)[O-])=C(/C)COC(=O)NC(C)(C)C. The maximum atomic E-state index is 11.7. The summed E-state index contributed by atoms with van der Waals surface area (Å²) in [5.74, 6) is 0. The number of rotatable bonds is 6. The number of nitro groups is 1. The molecule has 0 unspecified atom stereocenters. The van der Waals surface area contributed by atoms with Crippen molar-refractivity contribution >= 4 is 33.4 Å². The van der Waals surface area contributed by atoms with E-state index in [9.17, 15) is 14.9 Å². The summed E-state index contributed by atoms with van der Waals surface area (Å²) >= 11 is 3.19. The second-order valence-electron chi connectivity index (χ2n) is 6.76. The Balaban J connectivity index is 2.68. The van der Waals surface area contributed by atoms with Crippen LogP contribution in [0.5, 0.6) is 0 Å². The first-order chi connectivity index (χ1) is 11.5. The van der Waals surface area contributed by atoms with Gasteiger partial charge in [-0.05, 0) is 68.3 Å². The van der Waals surface area contributed by atoms with E-state index in [4.69, 9.17) is 4.74 Å². The van der Waals surface area contributed by atoms with Gasteiger partial charge in [0.15, 0.2) is 0 Å². The molecule has 1 aromatic carbocycles. The largest absolute Gasteiger partial charge is 0.445 e. The van der Waals surface area contributed by atoms with Gasteiger partial charge in [-0.2, -0.15) is 0 Å². The van der Waals surface area contributed by atoms with Gasteiger partial charge in [-0.25, -0.2) is 4.79 Å². The molecular formula is C17H24BrN3O4. The Kier molecular flexibility index (Phi) is 7.41. The summed E-state index contributed by atoms with van der Waals surface area (Å²) in [7, 11) is 0. The predicted octanol–water partition coefficient (Wildman–Crippen LogP) is 4.63. The molecule has 0 fully saturated rings. The molecule has 0 spiro atoms. The second kappa shape index (κ2) is 8.84. The van der Waals surface area contributed by atoms with Gasteiger partial charge in [0.2, 0.25) is 0 Å². The van der Waals surface area contributed by atoms with Crippen LogP contribution in [0.4, 0.5) is 16.2 Å². The molecule has 0 saturated carbocycles. The average Bonchev–Trinajstić information content (AvgIpc) is 2.48. The summed E-state index contributed by atoms with van der Waals surface area (Å²) in [5.41, 5.74) is 1.89. The number of nitrogens with zero attached hydrogens (tertiary/aromatic N) is 1. The van der Waals surface area contributed by atoms with Crippen LogP contribution in [0.2, 0.25) is 0 Å². The Morgan fingerprint density at radius 3 is 2.48 bits per heavy atom. The highest BCUT2D eigenvalue weighted by molar-refractivity contribution is 9.10. The number of para-hydroxylation sites is 1. The van der Waals surface area contributed by atoms with Gasteiger partial charge in [-0.3, -0.25) is 10.1 Å². The third kappa shape index (κ3) is 7.13. The second-order valence-corrected chi connectivity index (χ2v) is 7.61. The number of nitro benzene ring substituents is 1. The molecule has 0 aromatic heterocycles. The summed E-state index contributed by atoms with van der Waals surface area (Å²) in [4.78, 5) is 22.4. The molecule has 7 nitrogen and oxygen atoms in total. The van der Waals surface area contributed by atoms with Crippen molar-refractivity contribution < 1.29 is 14.5 Å². The minimum Gasteiger partial charge on any atom is -0.445 e. The van der Waals surface area contributed by atoms with Gasteiger partial charge in [-0.1, -0.05) is 11.6 Å². The quantitative estimate of drug-likeness (QED) is 0.402. The van der Waals surface area contributed by atoms with Gasteiger partial charge in [-0.15, -0.1) is 0 Å². The van der Waals surface area contributed by atoms with Gasteiger partial charge in [0, 0.05) is 12.1 Å². The van der Waals surface area contributed by atoms with Crippen molar-refractivity contribution in [2.24, 2.45) is 0 Å². The minimum absolute atomic E-state index is 0.00578.